The lowest BCUT2D eigenvalue weighted by molar-refractivity contribution is 0.640. The zero-order valence-corrected chi connectivity index (χ0v) is 8.51. The van der Waals surface area contributed by atoms with Gasteiger partial charge in [-0.15, -0.1) is 0 Å². The number of unbranched alkanes of at least 4 members (excludes halogenated alkanes) is 1. The van der Waals surface area contributed by atoms with E-state index >= 15 is 0 Å². The summed E-state index contributed by atoms with van der Waals surface area (Å²) in [7, 11) is 0. The number of rotatable bonds is 5. The predicted molar refractivity (Wildman–Crippen MR) is 55.6 cm³/mol. The molecule has 0 spiro atoms. The quantitative estimate of drug-likeness (QED) is 0.700. The predicted octanol–water partition coefficient (Wildman–Crippen LogP) is 2.28. The summed E-state index contributed by atoms with van der Waals surface area (Å²) in [5.74, 6) is 0. The van der Waals surface area contributed by atoms with Gasteiger partial charge in [-0.05, 0) is 31.0 Å². The third-order valence-corrected chi connectivity index (χ3v) is 1.97. The van der Waals surface area contributed by atoms with Gasteiger partial charge in [0.05, 0.1) is 0 Å². The molecule has 1 heterocycles. The Kier molecular flexibility index (Phi) is 4.47. The summed E-state index contributed by atoms with van der Waals surface area (Å²) < 4.78 is 0. The number of aromatic nitrogens is 1. The first-order chi connectivity index (χ1) is 6.33. The topological polar surface area (TPSA) is 24.9 Å². The summed E-state index contributed by atoms with van der Waals surface area (Å²) in [5, 5.41) is 3.39. The van der Waals surface area contributed by atoms with Crippen molar-refractivity contribution >= 4 is 0 Å². The van der Waals surface area contributed by atoms with Gasteiger partial charge < -0.3 is 5.32 Å². The summed E-state index contributed by atoms with van der Waals surface area (Å²) in [5.41, 5.74) is 2.51. The van der Waals surface area contributed by atoms with Crippen molar-refractivity contribution in [2.45, 2.75) is 33.2 Å². The van der Waals surface area contributed by atoms with Crippen LogP contribution in [0.5, 0.6) is 0 Å². The number of nitrogens with one attached hydrogen (secondary N) is 1. The number of nitrogens with zero attached hydrogens (tertiary/aromatic N) is 1. The molecular weight excluding hydrogens is 160 g/mol. The molecule has 0 amide bonds. The summed E-state index contributed by atoms with van der Waals surface area (Å²) in [6.07, 6.45) is 6.31. The fourth-order valence-electron chi connectivity index (χ4n) is 1.25. The summed E-state index contributed by atoms with van der Waals surface area (Å²) in [6.45, 7) is 6.32. The molecule has 0 bridgehead atoms. The van der Waals surface area contributed by atoms with E-state index in [1.54, 1.807) is 0 Å². The normalized spacial score (nSPS) is 10.3. The van der Waals surface area contributed by atoms with E-state index in [-0.39, 0.29) is 0 Å². The summed E-state index contributed by atoms with van der Waals surface area (Å²) in [6, 6.07) is 2.17. The van der Waals surface area contributed by atoms with Crippen molar-refractivity contribution in [3.63, 3.8) is 0 Å². The lowest BCUT2D eigenvalue weighted by atomic mass is 10.2. The molecule has 72 valence electrons. The van der Waals surface area contributed by atoms with E-state index in [0.29, 0.717) is 0 Å². The second-order valence-electron chi connectivity index (χ2n) is 3.40. The van der Waals surface area contributed by atoms with Gasteiger partial charge in [0.25, 0.3) is 0 Å². The minimum Gasteiger partial charge on any atom is -0.313 e. The summed E-state index contributed by atoms with van der Waals surface area (Å²) >= 11 is 0. The van der Waals surface area contributed by atoms with E-state index in [0.717, 1.165) is 13.1 Å². The number of pyridine rings is 1. The van der Waals surface area contributed by atoms with Gasteiger partial charge >= 0.3 is 0 Å². The molecule has 1 rings (SSSR count). The minimum atomic E-state index is 0.939. The van der Waals surface area contributed by atoms with Crippen molar-refractivity contribution in [1.29, 1.82) is 0 Å². The maximum Gasteiger partial charge on any atom is 0.0313 e. The first-order valence-electron chi connectivity index (χ1n) is 4.94. The van der Waals surface area contributed by atoms with E-state index in [9.17, 15) is 0 Å². The highest BCUT2D eigenvalue weighted by atomic mass is 14.8. The third kappa shape index (κ3) is 4.04. The van der Waals surface area contributed by atoms with Crippen LogP contribution in [0.1, 0.15) is 30.9 Å². The van der Waals surface area contributed by atoms with Crippen LogP contribution in [0.2, 0.25) is 0 Å². The van der Waals surface area contributed by atoms with E-state index in [1.807, 2.05) is 12.4 Å². The van der Waals surface area contributed by atoms with Crippen LogP contribution in [0, 0.1) is 6.92 Å². The van der Waals surface area contributed by atoms with E-state index in [1.165, 1.54) is 24.0 Å². The molecule has 0 saturated heterocycles. The van der Waals surface area contributed by atoms with Crippen LogP contribution < -0.4 is 5.32 Å². The molecule has 0 aromatic carbocycles. The van der Waals surface area contributed by atoms with Gasteiger partial charge in [-0.1, -0.05) is 19.4 Å². The molecule has 0 aliphatic carbocycles. The number of hydrogen-bond donors (Lipinski definition) is 1. The molecular formula is C11H18N2. The van der Waals surface area contributed by atoms with Crippen LogP contribution in [-0.4, -0.2) is 11.5 Å². The molecule has 2 heteroatoms. The van der Waals surface area contributed by atoms with Crippen molar-refractivity contribution in [2.75, 3.05) is 6.54 Å². The number of aryl methyl sites for hydroxylation is 1. The van der Waals surface area contributed by atoms with Gasteiger partial charge in [-0.25, -0.2) is 0 Å². The molecule has 0 radical (unpaired) electrons. The summed E-state index contributed by atoms with van der Waals surface area (Å²) in [4.78, 5) is 4.14. The fourth-order valence-corrected chi connectivity index (χ4v) is 1.25. The Hall–Kier alpha value is -0.890. The van der Waals surface area contributed by atoms with Crippen molar-refractivity contribution in [1.82, 2.24) is 10.3 Å². The largest absolute Gasteiger partial charge is 0.313 e. The van der Waals surface area contributed by atoms with Crippen LogP contribution in [0.4, 0.5) is 0 Å². The van der Waals surface area contributed by atoms with E-state index in [4.69, 9.17) is 0 Å². The van der Waals surface area contributed by atoms with Crippen LogP contribution in [0.25, 0.3) is 0 Å². The van der Waals surface area contributed by atoms with Crippen molar-refractivity contribution in [2.24, 2.45) is 0 Å². The Bertz CT molecular complexity index is 246. The SMILES string of the molecule is CCCCNCc1cncc(C)c1. The fraction of sp³-hybridized carbons (Fsp3) is 0.545. The Labute approximate surface area is 80.4 Å². The lowest BCUT2D eigenvalue weighted by Gasteiger charge is -2.03. The second kappa shape index (κ2) is 5.70. The molecule has 0 unspecified atom stereocenters. The monoisotopic (exact) mass is 178 g/mol. The maximum absolute atomic E-state index is 4.14. The average molecular weight is 178 g/mol. The molecule has 2 nitrogen and oxygen atoms in total. The molecule has 1 aromatic rings. The van der Waals surface area contributed by atoms with Gasteiger partial charge in [-0.3, -0.25) is 4.98 Å². The molecule has 1 N–H and O–H groups in total. The van der Waals surface area contributed by atoms with Crippen molar-refractivity contribution < 1.29 is 0 Å². The average Bonchev–Trinajstić information content (AvgIpc) is 2.13. The number of hydrogen-bond acceptors (Lipinski definition) is 2. The van der Waals surface area contributed by atoms with Crippen LogP contribution in [0.3, 0.4) is 0 Å². The van der Waals surface area contributed by atoms with Gasteiger partial charge in [0.1, 0.15) is 0 Å². The first-order valence-corrected chi connectivity index (χ1v) is 4.94. The standard InChI is InChI=1S/C11H18N2/c1-3-4-5-12-8-11-6-10(2)7-13-9-11/h6-7,9,12H,3-5,8H2,1-2H3. The van der Waals surface area contributed by atoms with Crippen LogP contribution >= 0.6 is 0 Å². The highest BCUT2D eigenvalue weighted by Gasteiger charge is 1.92. The Morgan fingerprint density at radius 3 is 2.92 bits per heavy atom. The van der Waals surface area contributed by atoms with Gasteiger partial charge in [0.15, 0.2) is 0 Å². The maximum atomic E-state index is 4.14. The van der Waals surface area contributed by atoms with Gasteiger partial charge in [0, 0.05) is 18.9 Å². The van der Waals surface area contributed by atoms with Gasteiger partial charge in [0.2, 0.25) is 0 Å². The molecule has 1 aromatic heterocycles. The molecule has 0 aliphatic heterocycles. The molecule has 0 fully saturated rings. The highest BCUT2D eigenvalue weighted by molar-refractivity contribution is 5.16. The second-order valence-corrected chi connectivity index (χ2v) is 3.40. The molecule has 0 atom stereocenters. The molecule has 0 aliphatic rings. The Morgan fingerprint density at radius 2 is 2.23 bits per heavy atom. The Balaban J connectivity index is 2.28. The van der Waals surface area contributed by atoms with Crippen molar-refractivity contribution in [3.05, 3.63) is 29.6 Å². The van der Waals surface area contributed by atoms with Crippen LogP contribution in [-0.2, 0) is 6.54 Å². The molecule has 0 saturated carbocycles. The first kappa shape index (κ1) is 10.2. The third-order valence-electron chi connectivity index (χ3n) is 1.97. The van der Waals surface area contributed by atoms with Crippen molar-refractivity contribution in [3.8, 4) is 0 Å². The highest BCUT2D eigenvalue weighted by Crippen LogP contribution is 2.00. The molecule has 13 heavy (non-hydrogen) atoms. The van der Waals surface area contributed by atoms with E-state index in [2.05, 4.69) is 30.2 Å². The Morgan fingerprint density at radius 1 is 1.38 bits per heavy atom. The minimum absolute atomic E-state index is 0.939. The zero-order valence-electron chi connectivity index (χ0n) is 8.51. The smallest absolute Gasteiger partial charge is 0.0313 e. The van der Waals surface area contributed by atoms with Crippen LogP contribution in [0.15, 0.2) is 18.5 Å². The van der Waals surface area contributed by atoms with Gasteiger partial charge in [-0.2, -0.15) is 0 Å². The van der Waals surface area contributed by atoms with E-state index < -0.39 is 0 Å². The lowest BCUT2D eigenvalue weighted by Crippen LogP contribution is -2.14. The zero-order chi connectivity index (χ0) is 9.52.